The number of hydrogen-bond donors (Lipinski definition) is 0. The number of nitrogens with zero attached hydrogens (tertiary/aromatic N) is 2. The molecule has 0 atom stereocenters. The van der Waals surface area contributed by atoms with E-state index in [0.717, 1.165) is 41.5 Å². The van der Waals surface area contributed by atoms with Gasteiger partial charge in [0.15, 0.2) is 0 Å². The number of carbonyl (C=O) groups is 1. The molecule has 0 heterocycles. The van der Waals surface area contributed by atoms with E-state index in [1.807, 2.05) is 24.3 Å². The highest BCUT2D eigenvalue weighted by molar-refractivity contribution is 5.75. The van der Waals surface area contributed by atoms with Crippen LogP contribution in [0.2, 0.25) is 0 Å². The van der Waals surface area contributed by atoms with Crippen LogP contribution in [-0.2, 0) is 0 Å². The predicted octanol–water partition coefficient (Wildman–Crippen LogP) is 2.67. The summed E-state index contributed by atoms with van der Waals surface area (Å²) in [5, 5.41) is 0. The molecule has 3 heteroatoms. The predicted molar refractivity (Wildman–Crippen MR) is 79.3 cm³/mol. The van der Waals surface area contributed by atoms with Gasteiger partial charge in [0.05, 0.1) is 27.7 Å². The van der Waals surface area contributed by atoms with Crippen LogP contribution in [0, 0.1) is 0 Å². The van der Waals surface area contributed by atoms with Crippen molar-refractivity contribution >= 4 is 12.0 Å². The Morgan fingerprint density at radius 3 is 2.17 bits per heavy atom. The molecule has 0 unspecified atom stereocenters. The van der Waals surface area contributed by atoms with E-state index in [0.29, 0.717) is 0 Å². The first-order valence-corrected chi connectivity index (χ1v) is 5.99. The van der Waals surface area contributed by atoms with Gasteiger partial charge in [0, 0.05) is 31.3 Å². The molecule has 1 rings (SSSR count). The Morgan fingerprint density at radius 1 is 1.17 bits per heavy atom. The Morgan fingerprint density at radius 2 is 1.72 bits per heavy atom. The molecule has 0 spiro atoms. The number of hydrogen-bond acceptors (Lipinski definition) is 2. The molecule has 0 amide bonds. The van der Waals surface area contributed by atoms with Crippen molar-refractivity contribution in [1.29, 1.82) is 0 Å². The van der Waals surface area contributed by atoms with E-state index in [1.165, 1.54) is 0 Å². The van der Waals surface area contributed by atoms with Crippen LogP contribution in [0.3, 0.4) is 0 Å². The fourth-order valence-corrected chi connectivity index (χ4v) is 1.72. The lowest BCUT2D eigenvalue weighted by atomic mass is 10.2. The minimum atomic E-state index is 0. The summed E-state index contributed by atoms with van der Waals surface area (Å²) >= 11 is 0. The number of aldehydes is 1. The van der Waals surface area contributed by atoms with Crippen molar-refractivity contribution in [2.45, 2.75) is 13.8 Å². The summed E-state index contributed by atoms with van der Waals surface area (Å²) in [7, 11) is 8.71. The maximum atomic E-state index is 10.6. The van der Waals surface area contributed by atoms with Crippen LogP contribution in [-0.4, -0.2) is 52.0 Å². The fraction of sp³-hybridized carbons (Fsp3) is 0.533. The van der Waals surface area contributed by atoms with Crippen LogP contribution in [0.5, 0.6) is 0 Å². The molecule has 0 aliphatic carbocycles. The summed E-state index contributed by atoms with van der Waals surface area (Å²) in [6.07, 6.45) is 2.04. The molecule has 0 fully saturated rings. The minimum absolute atomic E-state index is 0. The second-order valence-electron chi connectivity index (χ2n) is 5.50. The maximum Gasteiger partial charge on any atom is 0.150 e. The summed E-state index contributed by atoms with van der Waals surface area (Å²) in [5.74, 6) is 0. The van der Waals surface area contributed by atoms with Crippen molar-refractivity contribution in [3.05, 3.63) is 29.8 Å². The van der Waals surface area contributed by atoms with Gasteiger partial charge in [-0.3, -0.25) is 4.79 Å². The molecule has 0 saturated carbocycles. The SMILES string of the molecule is C.CN(CCC[N+](C)(C)C)c1ccc(C=O)cc1. The van der Waals surface area contributed by atoms with E-state index in [2.05, 4.69) is 33.1 Å². The zero-order valence-electron chi connectivity index (χ0n) is 11.3. The lowest BCUT2D eigenvalue weighted by Gasteiger charge is -2.26. The lowest BCUT2D eigenvalue weighted by Crippen LogP contribution is -2.37. The van der Waals surface area contributed by atoms with Crippen LogP contribution in [0.15, 0.2) is 24.3 Å². The quantitative estimate of drug-likeness (QED) is 0.572. The van der Waals surface area contributed by atoms with Crippen molar-refractivity contribution in [2.24, 2.45) is 0 Å². The molecule has 0 saturated heterocycles. The average molecular weight is 251 g/mol. The molecule has 0 aromatic heterocycles. The van der Waals surface area contributed by atoms with Crippen molar-refractivity contribution in [1.82, 2.24) is 0 Å². The summed E-state index contributed by atoms with van der Waals surface area (Å²) in [4.78, 5) is 12.8. The highest BCUT2D eigenvalue weighted by Gasteiger charge is 2.07. The normalized spacial score (nSPS) is 10.7. The number of carbonyl (C=O) groups excluding carboxylic acids is 1. The molecular formula is C15H27N2O+. The fourth-order valence-electron chi connectivity index (χ4n) is 1.72. The second kappa shape index (κ2) is 7.17. The molecule has 102 valence electrons. The molecule has 0 aliphatic rings. The van der Waals surface area contributed by atoms with Crippen LogP contribution in [0.4, 0.5) is 5.69 Å². The van der Waals surface area contributed by atoms with Crippen molar-refractivity contribution < 1.29 is 9.28 Å². The van der Waals surface area contributed by atoms with Crippen molar-refractivity contribution in [3.8, 4) is 0 Å². The standard InChI is InChI=1S/C14H23N2O.CH4/c1-15(10-5-11-16(2,3)4)14-8-6-13(12-17)7-9-14;/h6-9,12H,5,10-11H2,1-4H3;1H4/q+1;. The highest BCUT2D eigenvalue weighted by atomic mass is 16.1. The van der Waals surface area contributed by atoms with E-state index < -0.39 is 0 Å². The number of rotatable bonds is 6. The molecule has 0 bridgehead atoms. The molecule has 1 aromatic carbocycles. The monoisotopic (exact) mass is 251 g/mol. The van der Waals surface area contributed by atoms with Crippen molar-refractivity contribution in [2.75, 3.05) is 46.2 Å². The average Bonchev–Trinajstić information content (AvgIpc) is 2.27. The van der Waals surface area contributed by atoms with Gasteiger partial charge in [0.25, 0.3) is 0 Å². The van der Waals surface area contributed by atoms with E-state index in [-0.39, 0.29) is 7.43 Å². The molecule has 18 heavy (non-hydrogen) atoms. The van der Waals surface area contributed by atoms with Gasteiger partial charge in [-0.2, -0.15) is 0 Å². The first-order chi connectivity index (χ1) is 7.92. The Kier molecular flexibility index (Phi) is 6.63. The molecule has 0 N–H and O–H groups in total. The third-order valence-corrected chi connectivity index (χ3v) is 2.79. The number of quaternary nitrogens is 1. The van der Waals surface area contributed by atoms with Gasteiger partial charge in [-0.25, -0.2) is 0 Å². The summed E-state index contributed by atoms with van der Waals surface area (Å²) in [6.45, 7) is 2.20. The molecule has 3 nitrogen and oxygen atoms in total. The molecule has 0 radical (unpaired) electrons. The van der Waals surface area contributed by atoms with Gasteiger partial charge in [0.1, 0.15) is 6.29 Å². The summed E-state index contributed by atoms with van der Waals surface area (Å²) < 4.78 is 0.998. The first-order valence-electron chi connectivity index (χ1n) is 5.99. The smallest absolute Gasteiger partial charge is 0.150 e. The second-order valence-corrected chi connectivity index (χ2v) is 5.50. The third kappa shape index (κ3) is 5.82. The highest BCUT2D eigenvalue weighted by Crippen LogP contribution is 2.13. The van der Waals surface area contributed by atoms with Crippen LogP contribution in [0.25, 0.3) is 0 Å². The Hall–Kier alpha value is -1.35. The van der Waals surface area contributed by atoms with E-state index in [4.69, 9.17) is 0 Å². The van der Waals surface area contributed by atoms with E-state index >= 15 is 0 Å². The van der Waals surface area contributed by atoms with Gasteiger partial charge >= 0.3 is 0 Å². The number of anilines is 1. The van der Waals surface area contributed by atoms with E-state index in [1.54, 1.807) is 0 Å². The lowest BCUT2D eigenvalue weighted by molar-refractivity contribution is -0.870. The van der Waals surface area contributed by atoms with Gasteiger partial charge in [-0.15, -0.1) is 0 Å². The molecule has 0 aliphatic heterocycles. The number of benzene rings is 1. The van der Waals surface area contributed by atoms with Crippen molar-refractivity contribution in [3.63, 3.8) is 0 Å². The minimum Gasteiger partial charge on any atom is -0.374 e. The largest absolute Gasteiger partial charge is 0.374 e. The zero-order chi connectivity index (χ0) is 12.9. The Bertz CT molecular complexity index is 352. The van der Waals surface area contributed by atoms with Crippen LogP contribution < -0.4 is 4.90 Å². The molecule has 1 aromatic rings. The van der Waals surface area contributed by atoms with Gasteiger partial charge in [-0.05, 0) is 24.3 Å². The van der Waals surface area contributed by atoms with Crippen LogP contribution >= 0.6 is 0 Å². The molecular weight excluding hydrogens is 224 g/mol. The summed E-state index contributed by atoms with van der Waals surface area (Å²) in [5.41, 5.74) is 1.89. The van der Waals surface area contributed by atoms with Crippen LogP contribution in [0.1, 0.15) is 24.2 Å². The maximum absolute atomic E-state index is 10.6. The Labute approximate surface area is 112 Å². The summed E-state index contributed by atoms with van der Waals surface area (Å²) in [6, 6.07) is 7.71. The Balaban J connectivity index is 0.00000289. The van der Waals surface area contributed by atoms with Gasteiger partial charge in [-0.1, -0.05) is 7.43 Å². The van der Waals surface area contributed by atoms with Gasteiger partial charge < -0.3 is 9.38 Å². The first kappa shape index (κ1) is 16.6. The third-order valence-electron chi connectivity index (χ3n) is 2.79. The van der Waals surface area contributed by atoms with E-state index in [9.17, 15) is 4.79 Å². The zero-order valence-corrected chi connectivity index (χ0v) is 11.3. The van der Waals surface area contributed by atoms with Gasteiger partial charge in [0.2, 0.25) is 0 Å². The topological polar surface area (TPSA) is 20.3 Å².